The molecule has 1 rings (SSSR count). The van der Waals surface area contributed by atoms with Gasteiger partial charge in [-0.05, 0) is 0 Å². The summed E-state index contributed by atoms with van der Waals surface area (Å²) in [6.07, 6.45) is 2.23. The number of rotatable bonds is 1. The van der Waals surface area contributed by atoms with E-state index in [1.165, 1.54) is 12.3 Å². The molecule has 9 heteroatoms. The molecule has 0 saturated carbocycles. The topological polar surface area (TPSA) is 110 Å². The van der Waals surface area contributed by atoms with Crippen LogP contribution in [0.4, 0.5) is 0 Å². The Bertz CT molecular complexity index is 212. The summed E-state index contributed by atoms with van der Waals surface area (Å²) in [5.41, 5.74) is 0. The second-order valence-corrected chi connectivity index (χ2v) is 1.69. The van der Waals surface area contributed by atoms with Crippen LogP contribution < -0.4 is 0 Å². The number of hydroxylamine groups is 2. The van der Waals surface area contributed by atoms with E-state index in [2.05, 4.69) is 4.99 Å². The normalized spacial score (nSPS) is 18.5. The van der Waals surface area contributed by atoms with Crippen molar-refractivity contribution in [2.24, 2.45) is 4.99 Å². The number of hydrogen-bond acceptors (Lipinski definition) is 5. The zero-order valence-electron chi connectivity index (χ0n) is 6.79. The Morgan fingerprint density at radius 2 is 2.23 bits per heavy atom. The Morgan fingerprint density at radius 3 is 2.54 bits per heavy atom. The van der Waals surface area contributed by atoms with Gasteiger partial charge in [-0.2, -0.15) is 5.06 Å². The Morgan fingerprint density at radius 1 is 1.69 bits per heavy atom. The van der Waals surface area contributed by atoms with Crippen molar-refractivity contribution in [3.63, 3.8) is 0 Å². The molecule has 0 aromatic rings. The first-order chi connectivity index (χ1) is 5.72. The van der Waals surface area contributed by atoms with Crippen LogP contribution >= 0.6 is 7.91 Å². The number of aliphatic imine (C=N–C) groups is 1. The molecule has 1 aliphatic rings. The van der Waals surface area contributed by atoms with Crippen LogP contribution in [-0.4, -0.2) is 59.8 Å². The fourth-order valence-corrected chi connectivity index (χ4v) is 0.557. The molecule has 1 aliphatic heterocycles. The quantitative estimate of drug-likeness (QED) is 0.358. The van der Waals surface area contributed by atoms with Crippen molar-refractivity contribution in [1.29, 1.82) is 0 Å². The Kier molecular flexibility index (Phi) is 9.91. The van der Waals surface area contributed by atoms with Crippen molar-refractivity contribution in [3.05, 3.63) is 22.4 Å². The van der Waals surface area contributed by atoms with Crippen LogP contribution in [0.25, 0.3) is 0 Å². The molecule has 0 aromatic heterocycles. The predicted molar refractivity (Wildman–Crippen MR) is 47.3 cm³/mol. The van der Waals surface area contributed by atoms with Crippen LogP contribution in [-0.2, 0) is 0 Å². The SMILES string of the molecule is O.O=[N+]([O-])C1C=CN=CN1O.[Na][Cl]. The molecule has 0 amide bonds. The summed E-state index contributed by atoms with van der Waals surface area (Å²) < 4.78 is 0. The Labute approximate surface area is 94.8 Å². The molecule has 0 radical (unpaired) electrons. The van der Waals surface area contributed by atoms with Crippen LogP contribution in [0.2, 0.25) is 0 Å². The summed E-state index contributed by atoms with van der Waals surface area (Å²) in [4.78, 5) is 12.9. The fourth-order valence-electron chi connectivity index (χ4n) is 0.557. The summed E-state index contributed by atoms with van der Waals surface area (Å²) in [5.74, 6) is 0. The summed E-state index contributed by atoms with van der Waals surface area (Å²) in [6.45, 7) is 0. The average molecular weight is 220 g/mol. The molecule has 0 fully saturated rings. The monoisotopic (exact) mass is 219 g/mol. The fraction of sp³-hybridized carbons (Fsp3) is 0.250. The molecule has 0 spiro atoms. The molecule has 0 aromatic carbocycles. The third-order valence-electron chi connectivity index (χ3n) is 1.02. The molecule has 70 valence electrons. The minimum absolute atomic E-state index is 0. The van der Waals surface area contributed by atoms with Crippen LogP contribution in [0, 0.1) is 10.1 Å². The maximum atomic E-state index is 10.1. The van der Waals surface area contributed by atoms with E-state index in [9.17, 15) is 10.1 Å². The van der Waals surface area contributed by atoms with Crippen molar-refractivity contribution in [3.8, 4) is 0 Å². The van der Waals surface area contributed by atoms with Crippen LogP contribution in [0.15, 0.2) is 17.3 Å². The van der Waals surface area contributed by atoms with E-state index < -0.39 is 11.1 Å². The predicted octanol–water partition coefficient (Wildman–Crippen LogP) is -0.680. The third kappa shape index (κ3) is 5.19. The van der Waals surface area contributed by atoms with E-state index in [1.807, 2.05) is 0 Å². The molecule has 0 aliphatic carbocycles. The molecule has 0 saturated heterocycles. The third-order valence-corrected chi connectivity index (χ3v) is 1.02. The zero-order valence-corrected chi connectivity index (χ0v) is 9.55. The van der Waals surface area contributed by atoms with E-state index in [-0.39, 0.29) is 5.48 Å². The van der Waals surface area contributed by atoms with Crippen molar-refractivity contribution in [1.82, 2.24) is 5.06 Å². The van der Waals surface area contributed by atoms with Gasteiger partial charge >= 0.3 is 40.7 Å². The van der Waals surface area contributed by atoms with Gasteiger partial charge in [0.2, 0.25) is 0 Å². The first kappa shape index (κ1) is 15.3. The van der Waals surface area contributed by atoms with E-state index in [4.69, 9.17) is 13.1 Å². The molecule has 1 unspecified atom stereocenters. The van der Waals surface area contributed by atoms with Gasteiger partial charge in [-0.1, -0.05) is 0 Å². The molecule has 7 nitrogen and oxygen atoms in total. The number of halogens is 1. The maximum absolute atomic E-state index is 10.1. The zero-order chi connectivity index (χ0) is 9.56. The minimum atomic E-state index is -1.20. The van der Waals surface area contributed by atoms with E-state index >= 15 is 0 Å². The molecule has 0 bridgehead atoms. The van der Waals surface area contributed by atoms with Gasteiger partial charge in [0.1, 0.15) is 6.34 Å². The van der Waals surface area contributed by atoms with Gasteiger partial charge in [-0.15, -0.1) is 0 Å². The van der Waals surface area contributed by atoms with Crippen molar-refractivity contribution < 1.29 is 15.6 Å². The number of hydrogen-bond donors (Lipinski definition) is 1. The van der Waals surface area contributed by atoms with Gasteiger partial charge < -0.3 is 5.48 Å². The van der Waals surface area contributed by atoms with Gasteiger partial charge in [0.15, 0.2) is 0 Å². The van der Waals surface area contributed by atoms with Crippen molar-refractivity contribution in [2.45, 2.75) is 6.17 Å². The van der Waals surface area contributed by atoms with E-state index in [0.717, 1.165) is 33.0 Å². The van der Waals surface area contributed by atoms with Crippen molar-refractivity contribution >= 4 is 40.9 Å². The van der Waals surface area contributed by atoms with Gasteiger partial charge in [0.05, 0.1) is 4.92 Å². The van der Waals surface area contributed by atoms with Crippen LogP contribution in [0.1, 0.15) is 0 Å². The summed E-state index contributed by atoms with van der Waals surface area (Å²) in [7, 11) is 4.78. The van der Waals surface area contributed by atoms with Gasteiger partial charge in [-0.3, -0.25) is 15.3 Å². The van der Waals surface area contributed by atoms with Crippen LogP contribution in [0.3, 0.4) is 0 Å². The van der Waals surface area contributed by atoms with E-state index in [0.29, 0.717) is 5.06 Å². The standard InChI is InChI=1S/C4H5N3O3.ClH.Na.H2O/c8-6-3-5-2-1-4(6)7(9)10;;;/h1-4,8H;1H;;1H2/q;;+1;/p-1. The molecular formula is C4H7ClN3NaO4. The summed E-state index contributed by atoms with van der Waals surface area (Å²) in [6, 6.07) is 0. The number of nitrogens with zero attached hydrogens (tertiary/aromatic N) is 3. The van der Waals surface area contributed by atoms with Crippen molar-refractivity contribution in [2.75, 3.05) is 0 Å². The van der Waals surface area contributed by atoms with Crippen LogP contribution in [0.5, 0.6) is 0 Å². The molecule has 13 heavy (non-hydrogen) atoms. The van der Waals surface area contributed by atoms with E-state index in [1.54, 1.807) is 0 Å². The van der Waals surface area contributed by atoms with Gasteiger partial charge in [-0.25, -0.2) is 4.99 Å². The second-order valence-electron chi connectivity index (χ2n) is 1.69. The summed E-state index contributed by atoms with van der Waals surface area (Å²) >= 11 is 0.778. The first-order valence-electron chi connectivity index (χ1n) is 2.90. The molecule has 1 atom stereocenters. The average Bonchev–Trinajstić information content (AvgIpc) is 2.08. The Hall–Kier alpha value is -0.180. The molecular weight excluding hydrogens is 213 g/mol. The molecule has 3 N–H and O–H groups in total. The first-order valence-corrected chi connectivity index (χ1v) is 5.92. The molecule has 1 heterocycles. The Balaban J connectivity index is 0. The summed E-state index contributed by atoms with van der Waals surface area (Å²) in [5, 5.41) is 19.2. The second kappa shape index (κ2) is 8.42. The van der Waals surface area contributed by atoms with Gasteiger partial charge in [0.25, 0.3) is 0 Å². The number of nitro groups is 1. The van der Waals surface area contributed by atoms with Gasteiger partial charge in [0, 0.05) is 12.3 Å².